The molecule has 1 aliphatic carbocycles. The summed E-state index contributed by atoms with van der Waals surface area (Å²) in [4.78, 5) is 23.0. The van der Waals surface area contributed by atoms with Crippen molar-refractivity contribution in [2.45, 2.75) is 76.9 Å². The number of methoxy groups -OCH3 is 1. The second-order valence-corrected chi connectivity index (χ2v) is 8.24. The van der Waals surface area contributed by atoms with Crippen LogP contribution in [-0.4, -0.2) is 37.2 Å². The Morgan fingerprint density at radius 3 is 1.93 bits per heavy atom. The topological polar surface area (TPSA) is 90.6 Å². The van der Waals surface area contributed by atoms with Gasteiger partial charge in [-0.3, -0.25) is 4.79 Å². The Hall–Kier alpha value is -2.08. The number of ether oxygens (including phenoxy) is 2. The van der Waals surface area contributed by atoms with Gasteiger partial charge in [-0.05, 0) is 57.9 Å². The summed E-state index contributed by atoms with van der Waals surface area (Å²) in [6.45, 7) is 5.66. The third-order valence-corrected chi connectivity index (χ3v) is 4.65. The Labute approximate surface area is 169 Å². The van der Waals surface area contributed by atoms with E-state index in [1.165, 1.54) is 26.4 Å². The number of carbonyl (C=O) groups excluding carboxylic acids is 2. The van der Waals surface area contributed by atoms with Gasteiger partial charge < -0.3 is 20.5 Å². The van der Waals surface area contributed by atoms with E-state index in [0.717, 1.165) is 31.4 Å². The van der Waals surface area contributed by atoms with Crippen LogP contribution in [-0.2, 0) is 14.3 Å². The predicted molar refractivity (Wildman–Crippen MR) is 112 cm³/mol. The minimum absolute atomic E-state index is 0.220. The molecule has 0 atom stereocenters. The summed E-state index contributed by atoms with van der Waals surface area (Å²) in [5.41, 5.74) is 6.56. The maximum Gasteiger partial charge on any atom is 0.337 e. The lowest BCUT2D eigenvalue weighted by molar-refractivity contribution is -0.162. The fraction of sp³-hybridized carbons (Fsp3) is 0.636. The van der Waals surface area contributed by atoms with E-state index in [-0.39, 0.29) is 11.9 Å². The molecule has 3 N–H and O–H groups in total. The van der Waals surface area contributed by atoms with Gasteiger partial charge >= 0.3 is 11.9 Å². The highest BCUT2D eigenvalue weighted by Gasteiger charge is 2.37. The number of rotatable bonds is 3. The van der Waals surface area contributed by atoms with Crippen molar-refractivity contribution < 1.29 is 19.1 Å². The highest BCUT2D eigenvalue weighted by Crippen LogP contribution is 2.27. The second-order valence-electron chi connectivity index (χ2n) is 8.24. The molecule has 2 rings (SSSR count). The van der Waals surface area contributed by atoms with E-state index in [1.54, 1.807) is 12.1 Å². The molecule has 0 saturated heterocycles. The van der Waals surface area contributed by atoms with E-state index in [4.69, 9.17) is 10.5 Å². The molecule has 28 heavy (non-hydrogen) atoms. The molecule has 0 unspecified atom stereocenters. The van der Waals surface area contributed by atoms with E-state index < -0.39 is 11.1 Å². The lowest BCUT2D eigenvalue weighted by Gasteiger charge is -2.32. The van der Waals surface area contributed by atoms with Crippen molar-refractivity contribution in [1.29, 1.82) is 0 Å². The molecule has 158 valence electrons. The Morgan fingerprint density at radius 2 is 1.50 bits per heavy atom. The van der Waals surface area contributed by atoms with Gasteiger partial charge in [0.05, 0.1) is 12.7 Å². The van der Waals surface area contributed by atoms with Crippen LogP contribution in [0.5, 0.6) is 0 Å². The van der Waals surface area contributed by atoms with Crippen LogP contribution in [0, 0.1) is 0 Å². The molecule has 1 saturated carbocycles. The number of anilines is 1. The second kappa shape index (κ2) is 11.1. The first kappa shape index (κ1) is 24.0. The minimum atomic E-state index is -0.742. The highest BCUT2D eigenvalue weighted by atomic mass is 16.6. The van der Waals surface area contributed by atoms with Gasteiger partial charge in [0.2, 0.25) is 0 Å². The zero-order valence-corrected chi connectivity index (χ0v) is 18.0. The summed E-state index contributed by atoms with van der Waals surface area (Å²) in [7, 11) is 3.20. The van der Waals surface area contributed by atoms with Crippen molar-refractivity contribution in [1.82, 2.24) is 0 Å². The number of hydrogen-bond donors (Lipinski definition) is 2. The first-order valence-electron chi connectivity index (χ1n) is 10.00. The van der Waals surface area contributed by atoms with E-state index in [2.05, 4.69) is 10.1 Å². The first-order valence-corrected chi connectivity index (χ1v) is 10.00. The van der Waals surface area contributed by atoms with Crippen molar-refractivity contribution >= 4 is 17.6 Å². The van der Waals surface area contributed by atoms with Crippen LogP contribution in [0.4, 0.5) is 5.69 Å². The maximum atomic E-state index is 12.1. The van der Waals surface area contributed by atoms with Gasteiger partial charge in [0.15, 0.2) is 0 Å². The summed E-state index contributed by atoms with van der Waals surface area (Å²) in [6.07, 6.45) is 7.24. The normalized spacial score (nSPS) is 16.5. The molecular weight excluding hydrogens is 356 g/mol. The van der Waals surface area contributed by atoms with Crippen LogP contribution < -0.4 is 11.1 Å². The smallest absolute Gasteiger partial charge is 0.337 e. The van der Waals surface area contributed by atoms with Gasteiger partial charge in [-0.1, -0.05) is 32.1 Å². The number of hydrogen-bond acceptors (Lipinski definition) is 6. The molecule has 6 heteroatoms. The number of nitrogens with one attached hydrogen (secondary N) is 1. The number of esters is 2. The fourth-order valence-electron chi connectivity index (χ4n) is 3.01. The summed E-state index contributed by atoms with van der Waals surface area (Å²) >= 11 is 0. The van der Waals surface area contributed by atoms with E-state index in [0.29, 0.717) is 5.56 Å². The molecule has 0 aromatic heterocycles. The molecule has 0 aliphatic heterocycles. The SMILES string of the molecule is CC(C)(C)OC(=O)C1(N)CCCCCCC1.CNc1ccc(C(=O)OC)cc1. The summed E-state index contributed by atoms with van der Waals surface area (Å²) in [5, 5.41) is 2.96. The van der Waals surface area contributed by atoms with Gasteiger partial charge in [-0.15, -0.1) is 0 Å². The molecule has 6 nitrogen and oxygen atoms in total. The zero-order valence-electron chi connectivity index (χ0n) is 18.0. The molecule has 0 radical (unpaired) electrons. The Balaban J connectivity index is 0.000000292. The summed E-state index contributed by atoms with van der Waals surface area (Å²) in [6, 6.07) is 7.09. The van der Waals surface area contributed by atoms with Crippen molar-refractivity contribution in [2.24, 2.45) is 5.73 Å². The monoisotopic (exact) mass is 392 g/mol. The molecule has 1 aliphatic rings. The van der Waals surface area contributed by atoms with E-state index in [9.17, 15) is 9.59 Å². The van der Waals surface area contributed by atoms with Crippen LogP contribution in [0.2, 0.25) is 0 Å². The van der Waals surface area contributed by atoms with E-state index in [1.807, 2.05) is 40.0 Å². The number of nitrogens with two attached hydrogens (primary N) is 1. The third-order valence-electron chi connectivity index (χ3n) is 4.65. The number of carbonyl (C=O) groups is 2. The van der Waals surface area contributed by atoms with Crippen LogP contribution in [0.1, 0.15) is 76.1 Å². The predicted octanol–water partition coefficient (Wildman–Crippen LogP) is 4.28. The summed E-state index contributed by atoms with van der Waals surface area (Å²) in [5.74, 6) is -0.528. The van der Waals surface area contributed by atoms with Crippen molar-refractivity contribution in [2.75, 3.05) is 19.5 Å². The third kappa shape index (κ3) is 8.30. The zero-order chi connectivity index (χ0) is 21.2. The van der Waals surface area contributed by atoms with Gasteiger partial charge in [-0.25, -0.2) is 4.79 Å². The Bertz CT molecular complexity index is 612. The van der Waals surface area contributed by atoms with Gasteiger partial charge in [-0.2, -0.15) is 0 Å². The van der Waals surface area contributed by atoms with Crippen LogP contribution in [0.15, 0.2) is 24.3 Å². The standard InChI is InChI=1S/C13H25NO2.C9H11NO2/c1-12(2,3)16-11(15)13(14)9-7-5-4-6-8-10-13;1-10-8-5-3-7(4-6-8)9(11)12-2/h4-10,14H2,1-3H3;3-6,10H,1-2H3. The fourth-order valence-corrected chi connectivity index (χ4v) is 3.01. The minimum Gasteiger partial charge on any atom is -0.465 e. The Morgan fingerprint density at radius 1 is 1.00 bits per heavy atom. The molecule has 1 aromatic carbocycles. The lowest BCUT2D eigenvalue weighted by Crippen LogP contribution is -2.51. The van der Waals surface area contributed by atoms with Crippen molar-refractivity contribution in [3.8, 4) is 0 Å². The highest BCUT2D eigenvalue weighted by molar-refractivity contribution is 5.89. The van der Waals surface area contributed by atoms with Crippen molar-refractivity contribution in [3.05, 3.63) is 29.8 Å². The first-order chi connectivity index (χ1) is 13.1. The molecule has 0 spiro atoms. The largest absolute Gasteiger partial charge is 0.465 e. The number of benzene rings is 1. The van der Waals surface area contributed by atoms with Crippen LogP contribution >= 0.6 is 0 Å². The quantitative estimate of drug-likeness (QED) is 0.746. The molecule has 0 bridgehead atoms. The van der Waals surface area contributed by atoms with Gasteiger partial charge in [0.25, 0.3) is 0 Å². The van der Waals surface area contributed by atoms with E-state index >= 15 is 0 Å². The molecule has 0 heterocycles. The molecule has 1 aromatic rings. The van der Waals surface area contributed by atoms with Gasteiger partial charge in [0, 0.05) is 12.7 Å². The average molecular weight is 393 g/mol. The van der Waals surface area contributed by atoms with Crippen molar-refractivity contribution in [3.63, 3.8) is 0 Å². The molecule has 0 amide bonds. The average Bonchev–Trinajstić information content (AvgIpc) is 2.63. The maximum absolute atomic E-state index is 12.1. The molecule has 1 fully saturated rings. The summed E-state index contributed by atoms with van der Waals surface area (Å²) < 4.78 is 9.96. The lowest BCUT2D eigenvalue weighted by atomic mass is 9.85. The van der Waals surface area contributed by atoms with Crippen LogP contribution in [0.3, 0.4) is 0 Å². The Kier molecular flexibility index (Phi) is 9.46. The van der Waals surface area contributed by atoms with Crippen LogP contribution in [0.25, 0.3) is 0 Å². The molecular formula is C22H36N2O4. The van der Waals surface area contributed by atoms with Gasteiger partial charge in [0.1, 0.15) is 11.1 Å².